The quantitative estimate of drug-likeness (QED) is 0.342. The predicted molar refractivity (Wildman–Crippen MR) is 149 cm³/mol. The van der Waals surface area contributed by atoms with E-state index in [4.69, 9.17) is 10.5 Å². The van der Waals surface area contributed by atoms with Gasteiger partial charge in [0.1, 0.15) is 23.5 Å². The molecule has 1 saturated carbocycles. The van der Waals surface area contributed by atoms with E-state index in [-0.39, 0.29) is 28.0 Å². The van der Waals surface area contributed by atoms with Gasteiger partial charge in [-0.05, 0) is 62.4 Å². The van der Waals surface area contributed by atoms with Crippen LogP contribution < -0.4 is 15.2 Å². The summed E-state index contributed by atoms with van der Waals surface area (Å²) in [5.41, 5.74) is 8.20. The molecule has 4 aromatic rings. The fraction of sp³-hybridized carbons (Fsp3) is 0.357. The number of nitrogens with two attached hydrogens (primary N) is 1. The number of sulfonamides is 1. The molecule has 2 aromatic carbocycles. The first-order valence-corrected chi connectivity index (χ1v) is 14.6. The zero-order valence-corrected chi connectivity index (χ0v) is 22.7. The minimum atomic E-state index is -4.06. The number of aryl methyl sites for hydroxylation is 1. The molecule has 0 unspecified atom stereocenters. The van der Waals surface area contributed by atoms with Gasteiger partial charge in [0.25, 0.3) is 10.0 Å². The molecule has 11 heteroatoms. The summed E-state index contributed by atoms with van der Waals surface area (Å²) in [4.78, 5) is 11.2. The maximum Gasteiger partial charge on any atom is 0.262 e. The average Bonchev–Trinajstić information content (AvgIpc) is 3.70. The second-order valence-electron chi connectivity index (χ2n) is 10.3. The van der Waals surface area contributed by atoms with Gasteiger partial charge in [-0.1, -0.05) is 12.1 Å². The van der Waals surface area contributed by atoms with E-state index in [1.165, 1.54) is 44.5 Å². The molecule has 1 saturated heterocycles. The number of nitrogens with zero attached hydrogens (tertiary/aromatic N) is 4. The van der Waals surface area contributed by atoms with E-state index in [0.29, 0.717) is 27.9 Å². The third kappa shape index (κ3) is 4.70. The number of aromatic nitrogens is 3. The number of hydrogen-bond acceptors (Lipinski definition) is 7. The fourth-order valence-corrected chi connectivity index (χ4v) is 6.74. The number of nitrogens with one attached hydrogen (secondary N) is 1. The number of ether oxygens (including phenoxy) is 1. The Balaban J connectivity index is 1.36. The van der Waals surface area contributed by atoms with Crippen LogP contribution in [0, 0.1) is 12.7 Å². The number of piperidine rings is 1. The Morgan fingerprint density at radius 1 is 1.05 bits per heavy atom. The first-order valence-electron chi connectivity index (χ1n) is 13.1. The van der Waals surface area contributed by atoms with Gasteiger partial charge in [0.2, 0.25) is 0 Å². The van der Waals surface area contributed by atoms with Crippen molar-refractivity contribution >= 4 is 32.6 Å². The van der Waals surface area contributed by atoms with E-state index in [0.717, 1.165) is 32.0 Å². The average molecular weight is 551 g/mol. The zero-order chi connectivity index (χ0) is 27.3. The highest BCUT2D eigenvalue weighted by Crippen LogP contribution is 2.40. The minimum Gasteiger partial charge on any atom is -0.496 e. The van der Waals surface area contributed by atoms with Crippen LogP contribution in [-0.4, -0.2) is 54.1 Å². The van der Waals surface area contributed by atoms with Crippen molar-refractivity contribution in [2.75, 3.05) is 30.7 Å². The van der Waals surface area contributed by atoms with E-state index >= 15 is 4.39 Å². The molecule has 3 N–H and O–H groups in total. The Kier molecular flexibility index (Phi) is 6.43. The highest BCUT2D eigenvalue weighted by atomic mass is 32.2. The van der Waals surface area contributed by atoms with E-state index in [1.807, 2.05) is 6.20 Å². The van der Waals surface area contributed by atoms with Crippen molar-refractivity contribution in [2.45, 2.75) is 49.6 Å². The van der Waals surface area contributed by atoms with E-state index in [1.54, 1.807) is 25.1 Å². The summed E-state index contributed by atoms with van der Waals surface area (Å²) in [7, 11) is -2.54. The normalized spacial score (nSPS) is 17.0. The largest absolute Gasteiger partial charge is 0.496 e. The predicted octanol–water partition coefficient (Wildman–Crippen LogP) is 4.74. The van der Waals surface area contributed by atoms with Crippen LogP contribution >= 0.6 is 0 Å². The standard InChI is InChI=1S/C28H31FN6O3S/c1-17-14-20(8-9-24(17)38-2)39(36,37)33-23-5-3-4-21(26(23)29)22-15-35(28-25(22)27(30)31-16-32-28)19-10-12-34(13-11-19)18-6-7-18/h3-5,8-9,14-16,18-19,33H,6-7,10-13H2,1-2H3,(H2,30,31,32). The number of anilines is 2. The molecular weight excluding hydrogens is 519 g/mol. The number of halogens is 1. The van der Waals surface area contributed by atoms with Crippen molar-refractivity contribution in [3.05, 3.63) is 60.3 Å². The Bertz CT molecular complexity index is 1660. The molecule has 0 bridgehead atoms. The summed E-state index contributed by atoms with van der Waals surface area (Å²) in [6.07, 6.45) is 7.80. The van der Waals surface area contributed by atoms with Gasteiger partial charge < -0.3 is 19.9 Å². The van der Waals surface area contributed by atoms with Crippen LogP contribution in [0.15, 0.2) is 53.8 Å². The molecular formula is C28H31FN6O3S. The lowest BCUT2D eigenvalue weighted by molar-refractivity contribution is 0.180. The van der Waals surface area contributed by atoms with Crippen LogP contribution in [0.1, 0.15) is 37.3 Å². The van der Waals surface area contributed by atoms with Crippen molar-refractivity contribution in [1.82, 2.24) is 19.4 Å². The molecule has 3 heterocycles. The van der Waals surface area contributed by atoms with Crippen LogP contribution in [0.2, 0.25) is 0 Å². The maximum absolute atomic E-state index is 16.0. The van der Waals surface area contributed by atoms with Crippen LogP contribution in [0.3, 0.4) is 0 Å². The van der Waals surface area contributed by atoms with Gasteiger partial charge in [0.05, 0.1) is 23.1 Å². The number of fused-ring (bicyclic) bond motifs is 1. The van der Waals surface area contributed by atoms with E-state index in [2.05, 4.69) is 24.2 Å². The highest BCUT2D eigenvalue weighted by Gasteiger charge is 2.33. The van der Waals surface area contributed by atoms with Gasteiger partial charge in [-0.25, -0.2) is 22.8 Å². The molecule has 2 aromatic heterocycles. The Labute approximate surface area is 226 Å². The molecule has 6 rings (SSSR count). The molecule has 204 valence electrons. The summed E-state index contributed by atoms with van der Waals surface area (Å²) in [5.74, 6) is 0.122. The molecule has 1 aliphatic carbocycles. The number of likely N-dealkylation sites (tertiary alicyclic amines) is 1. The SMILES string of the molecule is COc1ccc(S(=O)(=O)Nc2cccc(-c3cn(C4CCN(C5CC5)CC4)c4ncnc(N)c34)c2F)cc1C. The number of benzene rings is 2. The summed E-state index contributed by atoms with van der Waals surface area (Å²) >= 11 is 0. The maximum atomic E-state index is 16.0. The Hall–Kier alpha value is -3.70. The first-order chi connectivity index (χ1) is 18.8. The lowest BCUT2D eigenvalue weighted by Crippen LogP contribution is -2.36. The van der Waals surface area contributed by atoms with Crippen molar-refractivity contribution in [3.8, 4) is 16.9 Å². The summed E-state index contributed by atoms with van der Waals surface area (Å²) in [6.45, 7) is 3.78. The summed E-state index contributed by atoms with van der Waals surface area (Å²) in [6, 6.07) is 10.1. The van der Waals surface area contributed by atoms with Gasteiger partial charge in [-0.2, -0.15) is 0 Å². The van der Waals surface area contributed by atoms with Crippen LogP contribution in [0.4, 0.5) is 15.9 Å². The van der Waals surface area contributed by atoms with Crippen molar-refractivity contribution < 1.29 is 17.5 Å². The molecule has 0 atom stereocenters. The highest BCUT2D eigenvalue weighted by molar-refractivity contribution is 7.92. The molecule has 1 aliphatic heterocycles. The van der Waals surface area contributed by atoms with Gasteiger partial charge >= 0.3 is 0 Å². The summed E-state index contributed by atoms with van der Waals surface area (Å²) < 4.78 is 52.0. The van der Waals surface area contributed by atoms with Crippen molar-refractivity contribution in [1.29, 1.82) is 0 Å². The molecule has 0 amide bonds. The first kappa shape index (κ1) is 25.6. The second kappa shape index (κ2) is 9.80. The number of methoxy groups -OCH3 is 1. The monoisotopic (exact) mass is 550 g/mol. The van der Waals surface area contributed by atoms with E-state index in [9.17, 15) is 8.42 Å². The smallest absolute Gasteiger partial charge is 0.262 e. The third-order valence-corrected chi connectivity index (χ3v) is 9.17. The Morgan fingerprint density at radius 3 is 2.51 bits per heavy atom. The van der Waals surface area contributed by atoms with Crippen LogP contribution in [-0.2, 0) is 10.0 Å². The lowest BCUT2D eigenvalue weighted by Gasteiger charge is -2.32. The van der Waals surface area contributed by atoms with E-state index < -0.39 is 15.8 Å². The number of nitrogen functional groups attached to an aromatic ring is 1. The fourth-order valence-electron chi connectivity index (χ4n) is 5.60. The lowest BCUT2D eigenvalue weighted by atomic mass is 10.0. The van der Waals surface area contributed by atoms with Crippen molar-refractivity contribution in [3.63, 3.8) is 0 Å². The Morgan fingerprint density at radius 2 is 1.82 bits per heavy atom. The zero-order valence-electron chi connectivity index (χ0n) is 21.9. The molecule has 39 heavy (non-hydrogen) atoms. The van der Waals surface area contributed by atoms with Gasteiger partial charge in [-0.3, -0.25) is 4.72 Å². The molecule has 9 nitrogen and oxygen atoms in total. The van der Waals surface area contributed by atoms with Gasteiger partial charge in [0.15, 0.2) is 5.82 Å². The van der Waals surface area contributed by atoms with Crippen LogP contribution in [0.25, 0.3) is 22.2 Å². The summed E-state index contributed by atoms with van der Waals surface area (Å²) in [5, 5.41) is 0.562. The number of rotatable bonds is 7. The van der Waals surface area contributed by atoms with Gasteiger partial charge in [-0.15, -0.1) is 0 Å². The minimum absolute atomic E-state index is 0.0115. The second-order valence-corrected chi connectivity index (χ2v) is 12.0. The molecule has 0 spiro atoms. The van der Waals surface area contributed by atoms with Crippen LogP contribution in [0.5, 0.6) is 5.75 Å². The number of hydrogen-bond donors (Lipinski definition) is 2. The molecule has 0 radical (unpaired) electrons. The van der Waals surface area contributed by atoms with Gasteiger partial charge in [0, 0.05) is 42.5 Å². The third-order valence-electron chi connectivity index (χ3n) is 7.80. The van der Waals surface area contributed by atoms with Crippen molar-refractivity contribution in [2.24, 2.45) is 0 Å². The topological polar surface area (TPSA) is 115 Å². The molecule has 2 fully saturated rings. The molecule has 2 aliphatic rings.